The van der Waals surface area contributed by atoms with Gasteiger partial charge in [0.1, 0.15) is 5.16 Å². The Kier molecular flexibility index (Phi) is 5.29. The van der Waals surface area contributed by atoms with Crippen LogP contribution in [0.25, 0.3) is 0 Å². The van der Waals surface area contributed by atoms with Crippen LogP contribution in [0.4, 0.5) is 0 Å². The second-order valence-corrected chi connectivity index (χ2v) is 6.62. The highest BCUT2D eigenvalue weighted by molar-refractivity contribution is 8.14. The smallest absolute Gasteiger partial charge is 0.259 e. The molecule has 17 heavy (non-hydrogen) atoms. The zero-order valence-electron chi connectivity index (χ0n) is 9.55. The minimum atomic E-state index is -3.57. The van der Waals surface area contributed by atoms with Gasteiger partial charge >= 0.3 is 0 Å². The van der Waals surface area contributed by atoms with Gasteiger partial charge in [0, 0.05) is 19.0 Å². The van der Waals surface area contributed by atoms with E-state index in [2.05, 4.69) is 17.4 Å². The summed E-state index contributed by atoms with van der Waals surface area (Å²) in [7, 11) is -0.412. The third kappa shape index (κ3) is 2.95. The predicted octanol–water partition coefficient (Wildman–Crippen LogP) is 0.443. The fourth-order valence-corrected chi connectivity index (χ4v) is 4.74. The largest absolute Gasteiger partial charge is 0.267 e. The minimum absolute atomic E-state index is 0.186. The van der Waals surface area contributed by atoms with E-state index in [9.17, 15) is 8.42 Å². The summed E-state index contributed by atoms with van der Waals surface area (Å²) in [6, 6.07) is 0. The minimum Gasteiger partial charge on any atom is -0.267 e. The number of hydrazine groups is 2. The average Bonchev–Trinajstić information content (AvgIpc) is 2.67. The molecule has 0 aromatic heterocycles. The van der Waals surface area contributed by atoms with Gasteiger partial charge in [0.2, 0.25) is 4.71 Å². The molecule has 0 bridgehead atoms. The highest BCUT2D eigenvalue weighted by atomic mass is 35.5. The van der Waals surface area contributed by atoms with Gasteiger partial charge < -0.3 is 0 Å². The second kappa shape index (κ2) is 6.07. The van der Waals surface area contributed by atoms with Crippen molar-refractivity contribution >= 4 is 33.4 Å². The Morgan fingerprint density at radius 3 is 2.82 bits per heavy atom. The van der Waals surface area contributed by atoms with Gasteiger partial charge in [-0.05, 0) is 7.05 Å². The van der Waals surface area contributed by atoms with E-state index in [-0.39, 0.29) is 6.54 Å². The highest BCUT2D eigenvalue weighted by Gasteiger charge is 2.39. The van der Waals surface area contributed by atoms with Crippen molar-refractivity contribution in [3.05, 3.63) is 23.2 Å². The fraction of sp³-hybridized carbons (Fsp3) is 0.500. The van der Waals surface area contributed by atoms with Crippen molar-refractivity contribution in [3.8, 4) is 0 Å². The first-order valence-electron chi connectivity index (χ1n) is 4.76. The van der Waals surface area contributed by atoms with E-state index in [0.29, 0.717) is 5.16 Å². The maximum Gasteiger partial charge on any atom is 0.259 e. The fourth-order valence-electron chi connectivity index (χ4n) is 1.30. The molecule has 2 N–H and O–H groups in total. The quantitative estimate of drug-likeness (QED) is 0.421. The van der Waals surface area contributed by atoms with Crippen LogP contribution in [-0.2, 0) is 10.0 Å². The molecular formula is C8H15ClN4O2S2. The van der Waals surface area contributed by atoms with E-state index >= 15 is 0 Å². The summed E-state index contributed by atoms with van der Waals surface area (Å²) in [4.78, 5) is 0. The monoisotopic (exact) mass is 298 g/mol. The van der Waals surface area contributed by atoms with Crippen LogP contribution in [0.15, 0.2) is 23.2 Å². The summed E-state index contributed by atoms with van der Waals surface area (Å²) >= 11 is 7.01. The molecule has 98 valence electrons. The summed E-state index contributed by atoms with van der Waals surface area (Å²) < 4.78 is 24.9. The summed E-state index contributed by atoms with van der Waals surface area (Å²) in [6.07, 6.45) is 1.51. The van der Waals surface area contributed by atoms with Crippen LogP contribution in [0.5, 0.6) is 0 Å². The van der Waals surface area contributed by atoms with E-state index in [1.165, 1.54) is 11.1 Å². The van der Waals surface area contributed by atoms with Gasteiger partial charge in [-0.2, -0.15) is 0 Å². The molecule has 0 aromatic carbocycles. The SMILES string of the molecule is C=CCN(NC)S(=O)(=O)C1SC=C(Cl)N1NC. The van der Waals surface area contributed by atoms with Crippen molar-refractivity contribution in [1.82, 2.24) is 20.3 Å². The Hall–Kier alpha value is -0.250. The first-order chi connectivity index (χ1) is 7.98. The molecule has 0 spiro atoms. The Morgan fingerprint density at radius 1 is 1.71 bits per heavy atom. The molecule has 1 unspecified atom stereocenters. The van der Waals surface area contributed by atoms with Gasteiger partial charge in [-0.15, -0.1) is 11.0 Å². The molecule has 0 amide bonds. The number of nitrogens with zero attached hydrogens (tertiary/aromatic N) is 2. The van der Waals surface area contributed by atoms with Gasteiger partial charge in [0.25, 0.3) is 10.0 Å². The molecule has 1 rings (SSSR count). The normalized spacial score (nSPS) is 20.8. The summed E-state index contributed by atoms with van der Waals surface area (Å²) in [5.41, 5.74) is 5.36. The average molecular weight is 299 g/mol. The number of hydrogen-bond donors (Lipinski definition) is 2. The van der Waals surface area contributed by atoms with E-state index in [4.69, 9.17) is 11.6 Å². The van der Waals surface area contributed by atoms with Gasteiger partial charge in [0.05, 0.1) is 0 Å². The van der Waals surface area contributed by atoms with Crippen LogP contribution in [0.1, 0.15) is 0 Å². The number of rotatable bonds is 6. The van der Waals surface area contributed by atoms with Crippen LogP contribution in [0, 0.1) is 0 Å². The number of sulfonamides is 1. The van der Waals surface area contributed by atoms with Crippen molar-refractivity contribution in [2.45, 2.75) is 4.71 Å². The number of halogens is 1. The zero-order valence-corrected chi connectivity index (χ0v) is 11.9. The molecule has 1 heterocycles. The second-order valence-electron chi connectivity index (χ2n) is 3.07. The van der Waals surface area contributed by atoms with Crippen molar-refractivity contribution < 1.29 is 8.42 Å². The third-order valence-corrected chi connectivity index (χ3v) is 6.02. The zero-order chi connectivity index (χ0) is 13.1. The predicted molar refractivity (Wildman–Crippen MR) is 71.1 cm³/mol. The Balaban J connectivity index is 2.95. The Morgan fingerprint density at radius 2 is 2.35 bits per heavy atom. The maximum absolute atomic E-state index is 12.3. The van der Waals surface area contributed by atoms with Crippen LogP contribution < -0.4 is 10.9 Å². The van der Waals surface area contributed by atoms with Crippen molar-refractivity contribution in [1.29, 1.82) is 0 Å². The molecule has 6 nitrogen and oxygen atoms in total. The van der Waals surface area contributed by atoms with E-state index in [0.717, 1.165) is 16.2 Å². The maximum atomic E-state index is 12.3. The molecule has 1 atom stereocenters. The van der Waals surface area contributed by atoms with Crippen molar-refractivity contribution in [2.24, 2.45) is 0 Å². The lowest BCUT2D eigenvalue weighted by molar-refractivity contribution is 0.295. The summed E-state index contributed by atoms with van der Waals surface area (Å²) in [5, 5.41) is 3.32. The molecule has 9 heteroatoms. The molecule has 1 aliphatic heterocycles. The molecule has 0 fully saturated rings. The van der Waals surface area contributed by atoms with Gasteiger partial charge in [-0.1, -0.05) is 29.4 Å². The Labute approximate surface area is 111 Å². The lowest BCUT2D eigenvalue weighted by Gasteiger charge is -2.29. The highest BCUT2D eigenvalue weighted by Crippen LogP contribution is 2.35. The summed E-state index contributed by atoms with van der Waals surface area (Å²) in [6.45, 7) is 3.71. The van der Waals surface area contributed by atoms with Crippen LogP contribution in [0.2, 0.25) is 0 Å². The lowest BCUT2D eigenvalue weighted by Crippen LogP contribution is -2.51. The van der Waals surface area contributed by atoms with Crippen LogP contribution in [-0.4, -0.2) is 43.2 Å². The molecular weight excluding hydrogens is 284 g/mol. The van der Waals surface area contributed by atoms with E-state index < -0.39 is 14.7 Å². The first-order valence-corrected chi connectivity index (χ1v) is 7.59. The van der Waals surface area contributed by atoms with Gasteiger partial charge in [0.15, 0.2) is 0 Å². The number of thioether (sulfide) groups is 1. The van der Waals surface area contributed by atoms with Crippen LogP contribution in [0.3, 0.4) is 0 Å². The van der Waals surface area contributed by atoms with Crippen LogP contribution >= 0.6 is 23.4 Å². The Bertz CT molecular complexity index is 412. The van der Waals surface area contributed by atoms with Gasteiger partial charge in [-0.25, -0.2) is 19.3 Å². The lowest BCUT2D eigenvalue weighted by atomic mass is 10.7. The van der Waals surface area contributed by atoms with E-state index in [1.807, 2.05) is 0 Å². The molecule has 0 aromatic rings. The first kappa shape index (κ1) is 14.8. The number of hydrogen-bond acceptors (Lipinski definition) is 6. The molecule has 0 saturated heterocycles. The molecule has 0 saturated carbocycles. The molecule has 0 aliphatic carbocycles. The topological polar surface area (TPSA) is 64.7 Å². The standard InChI is InChI=1S/C8H15ClN4O2S2/c1-4-5-12(10-2)17(14,15)8-13(11-3)7(9)6-16-8/h4,6,8,10-11H,1,5H2,2-3H3. The van der Waals surface area contributed by atoms with Crippen molar-refractivity contribution in [2.75, 3.05) is 20.6 Å². The third-order valence-electron chi connectivity index (χ3n) is 2.07. The summed E-state index contributed by atoms with van der Waals surface area (Å²) in [5.74, 6) is 0. The van der Waals surface area contributed by atoms with E-state index in [1.54, 1.807) is 19.5 Å². The molecule has 0 radical (unpaired) electrons. The van der Waals surface area contributed by atoms with Gasteiger partial charge in [-0.3, -0.25) is 5.01 Å². The van der Waals surface area contributed by atoms with Crippen molar-refractivity contribution in [3.63, 3.8) is 0 Å². The molecule has 1 aliphatic rings. The number of nitrogens with one attached hydrogen (secondary N) is 2.